The molecule has 2 aliphatic rings. The molecule has 0 aliphatic carbocycles. The Balaban J connectivity index is 1.77. The zero-order chi connectivity index (χ0) is 14.5. The number of urea groups is 1. The molecule has 114 valence electrons. The third kappa shape index (κ3) is 3.83. The van der Waals surface area contributed by atoms with Gasteiger partial charge in [0.05, 0.1) is 6.61 Å². The summed E-state index contributed by atoms with van der Waals surface area (Å²) in [5.74, 6) is -0.700. The minimum Gasteiger partial charge on any atom is -0.481 e. The lowest BCUT2D eigenvalue weighted by molar-refractivity contribution is -0.138. The van der Waals surface area contributed by atoms with Gasteiger partial charge in [-0.05, 0) is 12.3 Å². The van der Waals surface area contributed by atoms with Gasteiger partial charge in [-0.15, -0.1) is 0 Å². The van der Waals surface area contributed by atoms with Crippen LogP contribution in [0.3, 0.4) is 0 Å². The first-order valence-electron chi connectivity index (χ1n) is 7.19. The van der Waals surface area contributed by atoms with Gasteiger partial charge in [-0.2, -0.15) is 0 Å². The van der Waals surface area contributed by atoms with Gasteiger partial charge in [-0.3, -0.25) is 9.69 Å². The molecule has 0 bridgehead atoms. The summed E-state index contributed by atoms with van der Waals surface area (Å²) in [5, 5.41) is 17.7. The average Bonchev–Trinajstić information content (AvgIpc) is 2.87. The lowest BCUT2D eigenvalue weighted by atomic mass is 10.1. The Morgan fingerprint density at radius 1 is 1.05 bits per heavy atom. The fourth-order valence-corrected chi connectivity index (χ4v) is 2.92. The second-order valence-corrected chi connectivity index (χ2v) is 5.53. The second kappa shape index (κ2) is 6.90. The van der Waals surface area contributed by atoms with Crippen LogP contribution in [0.4, 0.5) is 4.79 Å². The number of carbonyl (C=O) groups is 2. The highest BCUT2D eigenvalue weighted by Crippen LogP contribution is 2.21. The van der Waals surface area contributed by atoms with Crippen LogP contribution in [-0.2, 0) is 4.79 Å². The van der Waals surface area contributed by atoms with E-state index in [9.17, 15) is 9.59 Å². The maximum Gasteiger partial charge on any atom is 0.320 e. The van der Waals surface area contributed by atoms with Gasteiger partial charge >= 0.3 is 12.0 Å². The Hall–Kier alpha value is -1.34. The molecule has 2 N–H and O–H groups in total. The van der Waals surface area contributed by atoms with Gasteiger partial charge < -0.3 is 20.0 Å². The zero-order valence-corrected chi connectivity index (χ0v) is 11.7. The van der Waals surface area contributed by atoms with E-state index in [1.807, 2.05) is 4.90 Å². The van der Waals surface area contributed by atoms with E-state index in [1.165, 1.54) is 0 Å². The lowest BCUT2D eigenvalue weighted by Crippen LogP contribution is -2.52. The summed E-state index contributed by atoms with van der Waals surface area (Å²) >= 11 is 0. The first kappa shape index (κ1) is 15.1. The summed E-state index contributed by atoms with van der Waals surface area (Å²) in [6.45, 7) is 4.97. The number of β-amino-alcohol motifs (C(OH)–C–C–N with tert-alkyl or cyclic N) is 1. The van der Waals surface area contributed by atoms with E-state index < -0.39 is 5.97 Å². The normalized spacial score (nSPS) is 24.1. The maximum atomic E-state index is 12.3. The molecule has 0 saturated carbocycles. The molecule has 0 aromatic carbocycles. The van der Waals surface area contributed by atoms with Crippen LogP contribution in [0.1, 0.15) is 12.8 Å². The Bertz CT molecular complexity index is 356. The molecule has 7 heteroatoms. The molecule has 7 nitrogen and oxygen atoms in total. The summed E-state index contributed by atoms with van der Waals surface area (Å²) < 4.78 is 0. The summed E-state index contributed by atoms with van der Waals surface area (Å²) in [5.41, 5.74) is 0. The van der Waals surface area contributed by atoms with Crippen molar-refractivity contribution in [3.63, 3.8) is 0 Å². The van der Waals surface area contributed by atoms with Crippen molar-refractivity contribution in [3.05, 3.63) is 0 Å². The third-order valence-electron chi connectivity index (χ3n) is 4.08. The van der Waals surface area contributed by atoms with Crippen LogP contribution in [-0.4, -0.2) is 89.3 Å². The highest BCUT2D eigenvalue weighted by atomic mass is 16.4. The Labute approximate surface area is 118 Å². The Kier molecular flexibility index (Phi) is 5.19. The standard InChI is InChI=1S/C13H23N3O4/c17-8-7-14-3-5-15(6-4-14)13(20)16-2-1-11(10-16)9-12(18)19/h11,17H,1-10H2,(H,18,19). The van der Waals surface area contributed by atoms with Gasteiger partial charge in [0.15, 0.2) is 0 Å². The van der Waals surface area contributed by atoms with Crippen molar-refractivity contribution in [3.8, 4) is 0 Å². The number of likely N-dealkylation sites (tertiary alicyclic amines) is 1. The first-order valence-corrected chi connectivity index (χ1v) is 7.19. The van der Waals surface area contributed by atoms with E-state index in [0.29, 0.717) is 32.7 Å². The topological polar surface area (TPSA) is 84.3 Å². The number of carbonyl (C=O) groups excluding carboxylic acids is 1. The number of nitrogens with zero attached hydrogens (tertiary/aromatic N) is 3. The largest absolute Gasteiger partial charge is 0.481 e. The molecule has 2 aliphatic heterocycles. The molecule has 2 amide bonds. The number of rotatable bonds is 4. The molecular formula is C13H23N3O4. The Morgan fingerprint density at radius 3 is 2.35 bits per heavy atom. The second-order valence-electron chi connectivity index (χ2n) is 5.53. The van der Waals surface area contributed by atoms with Crippen LogP contribution in [0.25, 0.3) is 0 Å². The Morgan fingerprint density at radius 2 is 1.75 bits per heavy atom. The van der Waals surface area contributed by atoms with E-state index in [-0.39, 0.29) is 25.0 Å². The third-order valence-corrected chi connectivity index (χ3v) is 4.08. The van der Waals surface area contributed by atoms with Gasteiger partial charge in [-0.25, -0.2) is 4.79 Å². The fourth-order valence-electron chi connectivity index (χ4n) is 2.92. The number of amides is 2. The van der Waals surface area contributed by atoms with Crippen molar-refractivity contribution in [1.82, 2.24) is 14.7 Å². The molecular weight excluding hydrogens is 262 g/mol. The molecule has 2 heterocycles. The van der Waals surface area contributed by atoms with E-state index in [2.05, 4.69) is 4.90 Å². The zero-order valence-electron chi connectivity index (χ0n) is 11.7. The van der Waals surface area contributed by atoms with Crippen molar-refractivity contribution >= 4 is 12.0 Å². The van der Waals surface area contributed by atoms with Crippen molar-refractivity contribution < 1.29 is 19.8 Å². The van der Waals surface area contributed by atoms with Gasteiger partial charge in [-0.1, -0.05) is 0 Å². The lowest BCUT2D eigenvalue weighted by Gasteiger charge is -2.36. The number of hydrogen-bond donors (Lipinski definition) is 2. The molecule has 0 aromatic heterocycles. The number of carboxylic acid groups (broad SMARTS) is 1. The molecule has 0 aromatic rings. The average molecular weight is 285 g/mol. The summed E-state index contributed by atoms with van der Waals surface area (Å²) in [6.07, 6.45) is 0.927. The summed E-state index contributed by atoms with van der Waals surface area (Å²) in [7, 11) is 0. The minimum absolute atomic E-state index is 0.0292. The molecule has 2 saturated heterocycles. The number of aliphatic hydroxyl groups is 1. The van der Waals surface area contributed by atoms with Gasteiger partial charge in [0.1, 0.15) is 0 Å². The van der Waals surface area contributed by atoms with E-state index in [0.717, 1.165) is 19.5 Å². The summed E-state index contributed by atoms with van der Waals surface area (Å²) in [4.78, 5) is 28.8. The predicted molar refractivity (Wildman–Crippen MR) is 72.4 cm³/mol. The molecule has 1 unspecified atom stereocenters. The van der Waals surface area contributed by atoms with Crippen LogP contribution in [0, 0.1) is 5.92 Å². The summed E-state index contributed by atoms with van der Waals surface area (Å²) in [6, 6.07) is 0.0292. The minimum atomic E-state index is -0.790. The molecule has 1 atom stereocenters. The van der Waals surface area contributed by atoms with Crippen LogP contribution in [0.5, 0.6) is 0 Å². The predicted octanol–water partition coefficient (Wildman–Crippen LogP) is -0.487. The van der Waals surface area contributed by atoms with Crippen molar-refractivity contribution in [2.75, 3.05) is 52.4 Å². The van der Waals surface area contributed by atoms with Crippen molar-refractivity contribution in [2.45, 2.75) is 12.8 Å². The SMILES string of the molecule is O=C(O)CC1CCN(C(=O)N2CCN(CCO)CC2)C1. The molecule has 2 fully saturated rings. The van der Waals surface area contributed by atoms with Gasteiger partial charge in [0.25, 0.3) is 0 Å². The van der Waals surface area contributed by atoms with Crippen molar-refractivity contribution in [1.29, 1.82) is 0 Å². The molecule has 0 spiro atoms. The van der Waals surface area contributed by atoms with Crippen LogP contribution in [0.2, 0.25) is 0 Å². The van der Waals surface area contributed by atoms with E-state index >= 15 is 0 Å². The molecule has 20 heavy (non-hydrogen) atoms. The fraction of sp³-hybridized carbons (Fsp3) is 0.846. The van der Waals surface area contributed by atoms with Crippen LogP contribution in [0.15, 0.2) is 0 Å². The highest BCUT2D eigenvalue weighted by molar-refractivity contribution is 5.75. The van der Waals surface area contributed by atoms with Crippen LogP contribution >= 0.6 is 0 Å². The monoisotopic (exact) mass is 285 g/mol. The molecule has 2 rings (SSSR count). The van der Waals surface area contributed by atoms with E-state index in [1.54, 1.807) is 4.90 Å². The molecule has 0 radical (unpaired) electrons. The number of hydrogen-bond acceptors (Lipinski definition) is 4. The number of piperazine rings is 1. The number of aliphatic hydroxyl groups excluding tert-OH is 1. The van der Waals surface area contributed by atoms with Crippen molar-refractivity contribution in [2.24, 2.45) is 5.92 Å². The number of aliphatic carboxylic acids is 1. The van der Waals surface area contributed by atoms with Crippen LogP contribution < -0.4 is 0 Å². The number of carboxylic acids is 1. The smallest absolute Gasteiger partial charge is 0.320 e. The van der Waals surface area contributed by atoms with Gasteiger partial charge in [0, 0.05) is 52.2 Å². The van der Waals surface area contributed by atoms with Gasteiger partial charge in [0.2, 0.25) is 0 Å². The highest BCUT2D eigenvalue weighted by Gasteiger charge is 2.31. The maximum absolute atomic E-state index is 12.3. The quantitative estimate of drug-likeness (QED) is 0.728. The first-order chi connectivity index (χ1) is 9.60. The van der Waals surface area contributed by atoms with E-state index in [4.69, 9.17) is 10.2 Å².